The van der Waals surface area contributed by atoms with Crippen LogP contribution < -0.4 is 11.4 Å². The fraction of sp³-hybridized carbons (Fsp3) is 0.500. The Bertz CT molecular complexity index is 1130. The predicted molar refractivity (Wildman–Crippen MR) is 134 cm³/mol. The molecular formula is C24H33ClN4O2Si. The van der Waals surface area contributed by atoms with Gasteiger partial charge in [0.05, 0.1) is 16.2 Å². The number of nitrogens with one attached hydrogen (secondary N) is 1. The Kier molecular flexibility index (Phi) is 6.90. The summed E-state index contributed by atoms with van der Waals surface area (Å²) in [6.07, 6.45) is 4.45. The Morgan fingerprint density at radius 1 is 1.19 bits per heavy atom. The van der Waals surface area contributed by atoms with E-state index in [4.69, 9.17) is 27.1 Å². The summed E-state index contributed by atoms with van der Waals surface area (Å²) in [5.41, 5.74) is 9.95. The van der Waals surface area contributed by atoms with Crippen LogP contribution in [0, 0.1) is 0 Å². The summed E-state index contributed by atoms with van der Waals surface area (Å²) in [5.74, 6) is 0.568. The van der Waals surface area contributed by atoms with Crippen LogP contribution in [0.3, 0.4) is 0 Å². The lowest BCUT2D eigenvalue weighted by Crippen LogP contribution is -2.25. The number of hydrogen-bond donors (Lipinski definition) is 2. The summed E-state index contributed by atoms with van der Waals surface area (Å²) in [6, 6.07) is 11.7. The SMILES string of the molecule is C[Si](C)(C)CCOCn1c(=O)[nH]c2cc(Cl)c(-c3ccc(C4CCC(N)CC4)cc3)nc21. The van der Waals surface area contributed by atoms with E-state index < -0.39 is 8.07 Å². The van der Waals surface area contributed by atoms with Crippen LogP contribution >= 0.6 is 11.6 Å². The van der Waals surface area contributed by atoms with Crippen LogP contribution in [0.1, 0.15) is 37.2 Å². The van der Waals surface area contributed by atoms with Gasteiger partial charge in [-0.15, -0.1) is 0 Å². The van der Waals surface area contributed by atoms with Crippen molar-refractivity contribution in [3.05, 3.63) is 51.4 Å². The smallest absolute Gasteiger partial charge is 0.329 e. The van der Waals surface area contributed by atoms with E-state index in [1.54, 1.807) is 10.6 Å². The second-order valence-corrected chi connectivity index (χ2v) is 16.2. The first kappa shape index (κ1) is 23.2. The molecule has 4 rings (SSSR count). The van der Waals surface area contributed by atoms with Crippen LogP contribution in [0.25, 0.3) is 22.4 Å². The van der Waals surface area contributed by atoms with Gasteiger partial charge in [-0.25, -0.2) is 9.78 Å². The van der Waals surface area contributed by atoms with Crippen molar-refractivity contribution in [1.29, 1.82) is 0 Å². The highest BCUT2D eigenvalue weighted by atomic mass is 35.5. The van der Waals surface area contributed by atoms with Crippen LogP contribution in [0.15, 0.2) is 35.1 Å². The number of benzene rings is 1. The van der Waals surface area contributed by atoms with Crippen LogP contribution in [-0.2, 0) is 11.5 Å². The first-order valence-corrected chi connectivity index (χ1v) is 15.5. The second kappa shape index (κ2) is 9.51. The van der Waals surface area contributed by atoms with Gasteiger partial charge in [-0.3, -0.25) is 4.57 Å². The number of ether oxygens (including phenoxy) is 1. The average molecular weight is 473 g/mol. The predicted octanol–water partition coefficient (Wildman–Crippen LogP) is 5.34. The Morgan fingerprint density at radius 2 is 1.88 bits per heavy atom. The summed E-state index contributed by atoms with van der Waals surface area (Å²) < 4.78 is 7.35. The zero-order valence-corrected chi connectivity index (χ0v) is 20.9. The lowest BCUT2D eigenvalue weighted by molar-refractivity contribution is 0.0874. The molecule has 1 aliphatic carbocycles. The van der Waals surface area contributed by atoms with E-state index >= 15 is 0 Å². The van der Waals surface area contributed by atoms with Crippen LogP contribution in [0.4, 0.5) is 0 Å². The summed E-state index contributed by atoms with van der Waals surface area (Å²) in [7, 11) is -1.19. The number of fused-ring (bicyclic) bond motifs is 1. The Hall–Kier alpha value is -1.93. The van der Waals surface area contributed by atoms with E-state index in [-0.39, 0.29) is 12.4 Å². The van der Waals surface area contributed by atoms with E-state index in [1.165, 1.54) is 5.56 Å². The molecule has 2 aromatic heterocycles. The molecule has 0 atom stereocenters. The molecule has 6 nitrogen and oxygen atoms in total. The molecule has 0 spiro atoms. The third-order valence-electron chi connectivity index (χ3n) is 6.34. The molecule has 1 saturated carbocycles. The molecule has 0 saturated heterocycles. The van der Waals surface area contributed by atoms with E-state index in [1.807, 2.05) is 0 Å². The van der Waals surface area contributed by atoms with Gasteiger partial charge in [0.1, 0.15) is 6.73 Å². The maximum atomic E-state index is 12.5. The van der Waals surface area contributed by atoms with Crippen molar-refractivity contribution in [2.24, 2.45) is 5.73 Å². The summed E-state index contributed by atoms with van der Waals surface area (Å²) in [5, 5.41) is 0.516. The number of halogens is 1. The highest BCUT2D eigenvalue weighted by Crippen LogP contribution is 2.34. The molecule has 172 valence electrons. The summed E-state index contributed by atoms with van der Waals surface area (Å²) in [4.78, 5) is 20.1. The van der Waals surface area contributed by atoms with Gasteiger partial charge >= 0.3 is 5.69 Å². The van der Waals surface area contributed by atoms with Crippen LogP contribution in [-0.4, -0.2) is 35.3 Å². The molecule has 1 fully saturated rings. The van der Waals surface area contributed by atoms with Crippen molar-refractivity contribution >= 4 is 30.8 Å². The Morgan fingerprint density at radius 3 is 2.53 bits per heavy atom. The maximum Gasteiger partial charge on any atom is 0.329 e. The van der Waals surface area contributed by atoms with Crippen molar-refractivity contribution in [3.8, 4) is 11.3 Å². The number of nitrogens with zero attached hydrogens (tertiary/aromatic N) is 2. The fourth-order valence-corrected chi connectivity index (χ4v) is 5.30. The van der Waals surface area contributed by atoms with E-state index in [9.17, 15) is 4.79 Å². The molecule has 0 aliphatic heterocycles. The van der Waals surface area contributed by atoms with Gasteiger partial charge in [0.25, 0.3) is 0 Å². The molecular weight excluding hydrogens is 440 g/mol. The van der Waals surface area contributed by atoms with Gasteiger partial charge in [-0.2, -0.15) is 0 Å². The largest absolute Gasteiger partial charge is 0.361 e. The van der Waals surface area contributed by atoms with E-state index in [0.29, 0.717) is 40.4 Å². The molecule has 1 aliphatic rings. The number of nitrogens with two attached hydrogens (primary N) is 1. The summed E-state index contributed by atoms with van der Waals surface area (Å²) >= 11 is 6.55. The molecule has 0 unspecified atom stereocenters. The zero-order valence-electron chi connectivity index (χ0n) is 19.2. The normalized spacial score (nSPS) is 19.5. The fourth-order valence-electron chi connectivity index (χ4n) is 4.28. The molecule has 0 bridgehead atoms. The van der Waals surface area contributed by atoms with Crippen molar-refractivity contribution in [3.63, 3.8) is 0 Å². The molecule has 8 heteroatoms. The van der Waals surface area contributed by atoms with E-state index in [0.717, 1.165) is 37.3 Å². The van der Waals surface area contributed by atoms with Crippen LogP contribution in [0.5, 0.6) is 0 Å². The molecule has 3 N–H and O–H groups in total. The minimum absolute atomic E-state index is 0.181. The number of aromatic nitrogens is 3. The number of H-pyrrole nitrogens is 1. The highest BCUT2D eigenvalue weighted by molar-refractivity contribution is 6.76. The number of aromatic amines is 1. The minimum Gasteiger partial charge on any atom is -0.361 e. The topological polar surface area (TPSA) is 85.9 Å². The molecule has 0 radical (unpaired) electrons. The quantitative estimate of drug-likeness (QED) is 0.359. The highest BCUT2D eigenvalue weighted by Gasteiger charge is 2.20. The monoisotopic (exact) mass is 472 g/mol. The molecule has 3 aromatic rings. The standard InChI is InChI=1S/C24H33ClN4O2Si/c1-32(2,3)13-12-31-15-29-23-21(27-24(29)30)14-20(25)22(28-23)18-6-4-16(5-7-18)17-8-10-19(26)11-9-17/h4-7,14,17,19H,8-13,15,26H2,1-3H3,(H,27,30). The number of imidazole rings is 1. The van der Waals surface area contributed by atoms with Gasteiger partial charge in [-0.1, -0.05) is 55.5 Å². The van der Waals surface area contributed by atoms with Crippen molar-refractivity contribution in [2.75, 3.05) is 6.61 Å². The molecule has 2 heterocycles. The van der Waals surface area contributed by atoms with Gasteiger partial charge in [0.15, 0.2) is 5.65 Å². The van der Waals surface area contributed by atoms with Crippen molar-refractivity contribution in [1.82, 2.24) is 14.5 Å². The zero-order chi connectivity index (χ0) is 22.9. The van der Waals surface area contributed by atoms with E-state index in [2.05, 4.69) is 48.9 Å². The molecule has 32 heavy (non-hydrogen) atoms. The first-order valence-electron chi connectivity index (χ1n) is 11.4. The van der Waals surface area contributed by atoms with Gasteiger partial charge in [-0.05, 0) is 49.3 Å². The number of pyridine rings is 1. The average Bonchev–Trinajstić information content (AvgIpc) is 3.04. The van der Waals surface area contributed by atoms with Gasteiger partial charge < -0.3 is 15.5 Å². The third-order valence-corrected chi connectivity index (χ3v) is 8.33. The Labute approximate surface area is 195 Å². The minimum atomic E-state index is -1.19. The third kappa shape index (κ3) is 5.34. The van der Waals surface area contributed by atoms with Crippen molar-refractivity contribution in [2.45, 2.75) is 70.1 Å². The van der Waals surface area contributed by atoms with Gasteiger partial charge in [0, 0.05) is 26.3 Å². The lowest BCUT2D eigenvalue weighted by Gasteiger charge is -2.26. The maximum absolute atomic E-state index is 12.5. The number of rotatable bonds is 7. The lowest BCUT2D eigenvalue weighted by atomic mass is 9.82. The number of hydrogen-bond acceptors (Lipinski definition) is 4. The molecule has 0 amide bonds. The summed E-state index contributed by atoms with van der Waals surface area (Å²) in [6.45, 7) is 7.73. The molecule has 1 aromatic carbocycles. The Balaban J connectivity index is 1.56. The van der Waals surface area contributed by atoms with Crippen molar-refractivity contribution < 1.29 is 4.74 Å². The van der Waals surface area contributed by atoms with Gasteiger partial charge in [0.2, 0.25) is 0 Å². The van der Waals surface area contributed by atoms with Crippen LogP contribution in [0.2, 0.25) is 30.7 Å². The second-order valence-electron chi connectivity index (χ2n) is 10.1. The first-order chi connectivity index (χ1) is 15.2.